The molecule has 1 fully saturated rings. The van der Waals surface area contributed by atoms with E-state index in [1.54, 1.807) is 29.2 Å². The normalized spacial score (nSPS) is 16.4. The van der Waals surface area contributed by atoms with Gasteiger partial charge in [-0.1, -0.05) is 48.5 Å². The Morgan fingerprint density at radius 2 is 1.95 bits per heavy atom. The number of rotatable bonds is 8. The minimum atomic E-state index is -0.486. The minimum absolute atomic E-state index is 0.0444. The van der Waals surface area contributed by atoms with Gasteiger partial charge >= 0.3 is 5.76 Å². The van der Waals surface area contributed by atoms with Gasteiger partial charge in [0.15, 0.2) is 5.58 Å². The number of β-amino-alcohol motifs (C(OH)–C–C–N with tert-alkyl or cyclic N) is 1. The van der Waals surface area contributed by atoms with Gasteiger partial charge in [-0.15, -0.1) is 0 Å². The highest BCUT2D eigenvalue weighted by atomic mass is 16.4. The van der Waals surface area contributed by atoms with Gasteiger partial charge in [0.2, 0.25) is 5.91 Å². The van der Waals surface area contributed by atoms with Crippen LogP contribution in [-0.2, 0) is 17.8 Å². The van der Waals surface area contributed by atoms with Gasteiger partial charge in [-0.05, 0) is 47.4 Å². The van der Waals surface area contributed by atoms with Crippen molar-refractivity contribution >= 4 is 17.0 Å². The molecule has 1 N–H and O–H groups in total. The van der Waals surface area contributed by atoms with E-state index in [-0.39, 0.29) is 31.0 Å². The number of aliphatic hydroxyl groups is 1. The van der Waals surface area contributed by atoms with Gasteiger partial charge in [-0.3, -0.25) is 14.3 Å². The first kappa shape index (κ1) is 25.5. The average Bonchev–Trinajstić information content (AvgIpc) is 3.49. The molecule has 38 heavy (non-hydrogen) atoms. The third kappa shape index (κ3) is 5.54. The fourth-order valence-electron chi connectivity index (χ4n) is 5.11. The smallest absolute Gasteiger partial charge is 0.408 e. The lowest BCUT2D eigenvalue weighted by atomic mass is 10.0. The van der Waals surface area contributed by atoms with Crippen LogP contribution >= 0.6 is 0 Å². The second kappa shape index (κ2) is 11.1. The number of amides is 1. The number of fused-ring (bicyclic) bond motifs is 1. The fraction of sp³-hybridized carbons (Fsp3) is 0.300. The number of nitriles is 1. The molecule has 1 aromatic heterocycles. The highest BCUT2D eigenvalue weighted by molar-refractivity contribution is 5.81. The Morgan fingerprint density at radius 3 is 2.68 bits per heavy atom. The molecule has 4 aromatic rings. The standard InChI is InChI=1S/C30H30N4O4/c1-32(27(24-8-3-2-4-9-24)20-33-13-12-25(35)19-33)29(36)16-21-10-11-28-26(15-21)34(30(37)38-28)18-23-7-5-6-22(14-23)17-31/h2-11,14-15,25,27,35H,12-13,16,18-20H2,1H3/t25?,27-/m1/s1. The highest BCUT2D eigenvalue weighted by Gasteiger charge is 2.28. The Bertz CT molecular complexity index is 1540. The summed E-state index contributed by atoms with van der Waals surface area (Å²) < 4.78 is 6.96. The zero-order valence-electron chi connectivity index (χ0n) is 21.3. The SMILES string of the molecule is CN(C(=O)Cc1ccc2oc(=O)n(Cc3cccc(C#N)c3)c2c1)[C@H](CN1CCC(O)C1)c1ccccc1. The molecule has 1 saturated heterocycles. The molecule has 8 heteroatoms. The lowest BCUT2D eigenvalue weighted by molar-refractivity contribution is -0.131. The van der Waals surface area contributed by atoms with Crippen LogP contribution in [-0.4, -0.2) is 58.2 Å². The number of carbonyl (C=O) groups is 1. The van der Waals surface area contributed by atoms with Crippen molar-refractivity contribution in [3.63, 3.8) is 0 Å². The zero-order chi connectivity index (χ0) is 26.6. The lowest BCUT2D eigenvalue weighted by Crippen LogP contribution is -2.39. The highest BCUT2D eigenvalue weighted by Crippen LogP contribution is 2.25. The summed E-state index contributed by atoms with van der Waals surface area (Å²) in [6.07, 6.45) is 0.586. The Kier molecular flexibility index (Phi) is 7.40. The number of aliphatic hydroxyl groups excluding tert-OH is 1. The molecule has 0 aliphatic carbocycles. The van der Waals surface area contributed by atoms with E-state index in [2.05, 4.69) is 11.0 Å². The first-order valence-corrected chi connectivity index (χ1v) is 12.7. The monoisotopic (exact) mass is 510 g/mol. The Hall–Kier alpha value is -4.19. The number of hydrogen-bond donors (Lipinski definition) is 1. The number of benzene rings is 3. The first-order chi connectivity index (χ1) is 18.4. The van der Waals surface area contributed by atoms with E-state index in [1.165, 1.54) is 4.57 Å². The molecule has 0 spiro atoms. The summed E-state index contributed by atoms with van der Waals surface area (Å²) in [5.74, 6) is -0.531. The van der Waals surface area contributed by atoms with Crippen molar-refractivity contribution < 1.29 is 14.3 Å². The van der Waals surface area contributed by atoms with Crippen LogP contribution in [0.1, 0.15) is 34.7 Å². The molecule has 0 radical (unpaired) electrons. The van der Waals surface area contributed by atoms with E-state index in [1.807, 2.05) is 55.6 Å². The number of oxazole rings is 1. The van der Waals surface area contributed by atoms with Crippen molar-refractivity contribution in [1.82, 2.24) is 14.4 Å². The van der Waals surface area contributed by atoms with E-state index in [0.29, 0.717) is 29.8 Å². The Morgan fingerprint density at radius 1 is 1.13 bits per heavy atom. The number of likely N-dealkylation sites (N-methyl/N-ethyl adjacent to an activating group) is 1. The quantitative estimate of drug-likeness (QED) is 0.390. The van der Waals surface area contributed by atoms with Gasteiger partial charge in [0.1, 0.15) is 0 Å². The summed E-state index contributed by atoms with van der Waals surface area (Å²) in [7, 11) is 1.82. The summed E-state index contributed by atoms with van der Waals surface area (Å²) >= 11 is 0. The number of hydrogen-bond acceptors (Lipinski definition) is 6. The maximum atomic E-state index is 13.5. The lowest BCUT2D eigenvalue weighted by Gasteiger charge is -2.32. The van der Waals surface area contributed by atoms with Crippen molar-refractivity contribution in [2.75, 3.05) is 26.7 Å². The topological polar surface area (TPSA) is 103 Å². The van der Waals surface area contributed by atoms with Crippen LogP contribution in [0.4, 0.5) is 0 Å². The van der Waals surface area contributed by atoms with Crippen molar-refractivity contribution in [3.8, 4) is 6.07 Å². The molecule has 1 aliphatic rings. The molecular weight excluding hydrogens is 480 g/mol. The van der Waals surface area contributed by atoms with Crippen LogP contribution in [0.5, 0.6) is 0 Å². The molecule has 0 saturated carbocycles. The van der Waals surface area contributed by atoms with Crippen LogP contribution in [0.2, 0.25) is 0 Å². The van der Waals surface area contributed by atoms with Gasteiger partial charge in [-0.25, -0.2) is 4.79 Å². The van der Waals surface area contributed by atoms with Crippen molar-refractivity contribution in [2.24, 2.45) is 0 Å². The largest absolute Gasteiger partial charge is 0.420 e. The Balaban J connectivity index is 1.37. The predicted octanol–water partition coefficient (Wildman–Crippen LogP) is 3.32. The second-order valence-electron chi connectivity index (χ2n) is 9.88. The first-order valence-electron chi connectivity index (χ1n) is 12.7. The third-order valence-electron chi connectivity index (χ3n) is 7.21. The molecule has 1 aliphatic heterocycles. The molecular formula is C30H30N4O4. The molecule has 194 valence electrons. The second-order valence-corrected chi connectivity index (χ2v) is 9.88. The van der Waals surface area contributed by atoms with Crippen LogP contribution in [0, 0.1) is 11.3 Å². The van der Waals surface area contributed by atoms with Crippen molar-refractivity contribution in [1.29, 1.82) is 5.26 Å². The van der Waals surface area contributed by atoms with Gasteiger partial charge in [0, 0.05) is 26.7 Å². The number of carbonyl (C=O) groups excluding carboxylic acids is 1. The summed E-state index contributed by atoms with van der Waals surface area (Å²) in [5.41, 5.74) is 4.21. The van der Waals surface area contributed by atoms with Gasteiger partial charge < -0.3 is 14.4 Å². The van der Waals surface area contributed by atoms with Crippen LogP contribution in [0.25, 0.3) is 11.1 Å². The van der Waals surface area contributed by atoms with Crippen molar-refractivity contribution in [3.05, 3.63) is 106 Å². The van der Waals surface area contributed by atoms with Gasteiger partial charge in [0.05, 0.1) is 42.3 Å². The molecule has 3 aromatic carbocycles. The minimum Gasteiger partial charge on any atom is -0.408 e. The Labute approximate surface area is 220 Å². The summed E-state index contributed by atoms with van der Waals surface area (Å²) in [6, 6.07) is 24.4. The van der Waals surface area contributed by atoms with Gasteiger partial charge in [0.25, 0.3) is 0 Å². The predicted molar refractivity (Wildman–Crippen MR) is 143 cm³/mol. The fourth-order valence-corrected chi connectivity index (χ4v) is 5.11. The van der Waals surface area contributed by atoms with E-state index >= 15 is 0 Å². The summed E-state index contributed by atoms with van der Waals surface area (Å²) in [4.78, 5) is 30.1. The third-order valence-corrected chi connectivity index (χ3v) is 7.21. The maximum absolute atomic E-state index is 13.5. The average molecular weight is 511 g/mol. The molecule has 0 bridgehead atoms. The molecule has 5 rings (SSSR count). The van der Waals surface area contributed by atoms with E-state index in [4.69, 9.17) is 4.42 Å². The van der Waals surface area contributed by atoms with Crippen LogP contribution in [0.15, 0.2) is 82.0 Å². The zero-order valence-corrected chi connectivity index (χ0v) is 21.3. The van der Waals surface area contributed by atoms with E-state index in [9.17, 15) is 20.0 Å². The number of nitrogens with zero attached hydrogens (tertiary/aromatic N) is 4. The number of likely N-dealkylation sites (tertiary alicyclic amines) is 1. The summed E-state index contributed by atoms with van der Waals surface area (Å²) in [6.45, 7) is 2.32. The van der Waals surface area contributed by atoms with E-state index < -0.39 is 5.76 Å². The molecule has 1 amide bonds. The molecule has 2 atom stereocenters. The number of aromatic nitrogens is 1. The summed E-state index contributed by atoms with van der Waals surface area (Å²) in [5, 5.41) is 19.2. The van der Waals surface area contributed by atoms with Crippen LogP contribution in [0.3, 0.4) is 0 Å². The molecule has 8 nitrogen and oxygen atoms in total. The molecule has 2 heterocycles. The molecule has 1 unspecified atom stereocenters. The van der Waals surface area contributed by atoms with E-state index in [0.717, 1.165) is 29.7 Å². The van der Waals surface area contributed by atoms with Crippen LogP contribution < -0.4 is 5.76 Å². The van der Waals surface area contributed by atoms with Gasteiger partial charge in [-0.2, -0.15) is 5.26 Å². The maximum Gasteiger partial charge on any atom is 0.420 e. The van der Waals surface area contributed by atoms with Crippen molar-refractivity contribution in [2.45, 2.75) is 31.5 Å².